The van der Waals surface area contributed by atoms with Crippen LogP contribution in [-0.4, -0.2) is 34.2 Å². The van der Waals surface area contributed by atoms with Gasteiger partial charge >= 0.3 is 0 Å². The summed E-state index contributed by atoms with van der Waals surface area (Å²) in [5, 5.41) is 15.0. The molecule has 1 heterocycles. The van der Waals surface area contributed by atoms with E-state index >= 15 is 0 Å². The number of aromatic nitrogens is 2. The predicted octanol–water partition coefficient (Wildman–Crippen LogP) is 1.96. The van der Waals surface area contributed by atoms with Crippen LogP contribution in [0.2, 0.25) is 5.02 Å². The van der Waals surface area contributed by atoms with Gasteiger partial charge in [0.1, 0.15) is 0 Å². The Balaban J connectivity index is 2.83. The first-order chi connectivity index (χ1) is 7.88. The Hall–Kier alpha value is -0.580. The first-order valence-electron chi connectivity index (χ1n) is 5.77. The SMILES string of the molecule is COC(C(C)C)C(O)Cc1c(Cl)c(C)nn1C. The van der Waals surface area contributed by atoms with Gasteiger partial charge in [0.25, 0.3) is 0 Å². The van der Waals surface area contributed by atoms with Crippen molar-refractivity contribution in [3.63, 3.8) is 0 Å². The molecule has 2 unspecified atom stereocenters. The van der Waals surface area contributed by atoms with Crippen molar-refractivity contribution in [2.75, 3.05) is 7.11 Å². The van der Waals surface area contributed by atoms with Crippen LogP contribution in [-0.2, 0) is 18.2 Å². The van der Waals surface area contributed by atoms with Gasteiger partial charge < -0.3 is 9.84 Å². The lowest BCUT2D eigenvalue weighted by Crippen LogP contribution is -2.35. The predicted molar refractivity (Wildman–Crippen MR) is 68.3 cm³/mol. The molecule has 0 bridgehead atoms. The summed E-state index contributed by atoms with van der Waals surface area (Å²) in [5.74, 6) is 0.253. The van der Waals surface area contributed by atoms with E-state index in [0.29, 0.717) is 11.4 Å². The molecule has 98 valence electrons. The molecule has 1 N–H and O–H groups in total. The molecule has 0 spiro atoms. The Bertz CT molecular complexity index is 377. The van der Waals surface area contributed by atoms with Gasteiger partial charge in [0.05, 0.1) is 28.6 Å². The quantitative estimate of drug-likeness (QED) is 0.880. The molecule has 1 aromatic heterocycles. The third kappa shape index (κ3) is 3.21. The van der Waals surface area contributed by atoms with E-state index in [1.807, 2.05) is 27.8 Å². The Morgan fingerprint density at radius 2 is 2.06 bits per heavy atom. The first kappa shape index (κ1) is 14.5. The van der Waals surface area contributed by atoms with Crippen LogP contribution in [0.4, 0.5) is 0 Å². The van der Waals surface area contributed by atoms with Crippen molar-refractivity contribution in [1.82, 2.24) is 9.78 Å². The minimum atomic E-state index is -0.577. The van der Waals surface area contributed by atoms with Crippen LogP contribution in [0.25, 0.3) is 0 Å². The number of hydrogen-bond acceptors (Lipinski definition) is 3. The van der Waals surface area contributed by atoms with Gasteiger partial charge in [0.15, 0.2) is 0 Å². The molecule has 0 radical (unpaired) electrons. The molecular weight excluding hydrogens is 240 g/mol. The highest BCUT2D eigenvalue weighted by molar-refractivity contribution is 6.31. The van der Waals surface area contributed by atoms with Gasteiger partial charge in [-0.1, -0.05) is 25.4 Å². The minimum Gasteiger partial charge on any atom is -0.390 e. The summed E-state index contributed by atoms with van der Waals surface area (Å²) in [5.41, 5.74) is 1.63. The van der Waals surface area contributed by atoms with Gasteiger partial charge in [-0.15, -0.1) is 0 Å². The third-order valence-electron chi connectivity index (χ3n) is 2.97. The van der Waals surface area contributed by atoms with Gasteiger partial charge in [-0.05, 0) is 12.8 Å². The number of aryl methyl sites for hydroxylation is 2. The average molecular weight is 261 g/mol. The Labute approximate surface area is 108 Å². The summed E-state index contributed by atoms with van der Waals surface area (Å²) in [6.07, 6.45) is -0.319. The van der Waals surface area contributed by atoms with E-state index in [0.717, 1.165) is 11.4 Å². The van der Waals surface area contributed by atoms with Crippen molar-refractivity contribution < 1.29 is 9.84 Å². The van der Waals surface area contributed by atoms with Gasteiger partial charge in [-0.2, -0.15) is 5.10 Å². The zero-order valence-corrected chi connectivity index (χ0v) is 11.8. The number of nitrogens with zero attached hydrogens (tertiary/aromatic N) is 2. The number of halogens is 1. The maximum Gasteiger partial charge on any atom is 0.0859 e. The number of rotatable bonds is 5. The van der Waals surface area contributed by atoms with Crippen molar-refractivity contribution >= 4 is 11.6 Å². The lowest BCUT2D eigenvalue weighted by molar-refractivity contribution is -0.0374. The van der Waals surface area contributed by atoms with Crippen LogP contribution >= 0.6 is 11.6 Å². The fourth-order valence-corrected chi connectivity index (χ4v) is 2.33. The lowest BCUT2D eigenvalue weighted by Gasteiger charge is -2.25. The van der Waals surface area contributed by atoms with Crippen molar-refractivity contribution in [2.45, 2.75) is 39.4 Å². The molecule has 0 aliphatic rings. The summed E-state index contributed by atoms with van der Waals surface area (Å²) < 4.78 is 7.03. The van der Waals surface area contributed by atoms with E-state index in [1.165, 1.54) is 0 Å². The minimum absolute atomic E-state index is 0.193. The van der Waals surface area contributed by atoms with Crippen molar-refractivity contribution in [3.05, 3.63) is 16.4 Å². The largest absolute Gasteiger partial charge is 0.390 e. The van der Waals surface area contributed by atoms with E-state index in [1.54, 1.807) is 11.8 Å². The van der Waals surface area contributed by atoms with Crippen LogP contribution in [0.1, 0.15) is 25.2 Å². The highest BCUT2D eigenvalue weighted by atomic mass is 35.5. The van der Waals surface area contributed by atoms with Crippen LogP contribution < -0.4 is 0 Å². The standard InChI is InChI=1S/C12H21ClN2O2/c1-7(2)12(17-5)10(16)6-9-11(13)8(3)14-15(9)4/h7,10,12,16H,6H2,1-5H3. The molecule has 0 aromatic carbocycles. The molecular formula is C12H21ClN2O2. The lowest BCUT2D eigenvalue weighted by atomic mass is 9.98. The second kappa shape index (κ2) is 5.85. The highest BCUT2D eigenvalue weighted by Gasteiger charge is 2.25. The number of ether oxygens (including phenoxy) is 1. The second-order valence-electron chi connectivity index (χ2n) is 4.69. The second-order valence-corrected chi connectivity index (χ2v) is 5.06. The molecule has 0 aliphatic carbocycles. The number of methoxy groups -OCH3 is 1. The van der Waals surface area contributed by atoms with E-state index in [-0.39, 0.29) is 12.0 Å². The molecule has 1 rings (SSSR count). The van der Waals surface area contributed by atoms with Crippen LogP contribution in [0.15, 0.2) is 0 Å². The van der Waals surface area contributed by atoms with Crippen LogP contribution in [0.3, 0.4) is 0 Å². The zero-order chi connectivity index (χ0) is 13.2. The molecule has 0 fully saturated rings. The average Bonchev–Trinajstić information content (AvgIpc) is 2.45. The highest BCUT2D eigenvalue weighted by Crippen LogP contribution is 2.23. The normalized spacial score (nSPS) is 15.3. The third-order valence-corrected chi connectivity index (χ3v) is 3.46. The van der Waals surface area contributed by atoms with Gasteiger partial charge in [0, 0.05) is 20.6 Å². The summed E-state index contributed by atoms with van der Waals surface area (Å²) in [4.78, 5) is 0. The summed E-state index contributed by atoms with van der Waals surface area (Å²) in [6.45, 7) is 5.90. The Morgan fingerprint density at radius 1 is 1.47 bits per heavy atom. The van der Waals surface area contributed by atoms with Crippen LogP contribution in [0, 0.1) is 12.8 Å². The van der Waals surface area contributed by atoms with Crippen molar-refractivity contribution in [3.8, 4) is 0 Å². The van der Waals surface area contributed by atoms with E-state index < -0.39 is 6.10 Å². The number of hydrogen-bond donors (Lipinski definition) is 1. The smallest absolute Gasteiger partial charge is 0.0859 e. The van der Waals surface area contributed by atoms with E-state index in [4.69, 9.17) is 16.3 Å². The molecule has 17 heavy (non-hydrogen) atoms. The van der Waals surface area contributed by atoms with Crippen LogP contribution in [0.5, 0.6) is 0 Å². The number of aliphatic hydroxyl groups is 1. The van der Waals surface area contributed by atoms with Gasteiger partial charge in [-0.25, -0.2) is 0 Å². The van der Waals surface area contributed by atoms with E-state index in [9.17, 15) is 5.11 Å². The molecule has 0 aliphatic heterocycles. The molecule has 5 heteroatoms. The maximum absolute atomic E-state index is 10.2. The fourth-order valence-electron chi connectivity index (χ4n) is 2.09. The molecule has 1 aromatic rings. The molecule has 0 saturated heterocycles. The van der Waals surface area contributed by atoms with Crippen molar-refractivity contribution in [1.29, 1.82) is 0 Å². The first-order valence-corrected chi connectivity index (χ1v) is 6.15. The van der Waals surface area contributed by atoms with E-state index in [2.05, 4.69) is 5.10 Å². The topological polar surface area (TPSA) is 47.3 Å². The Kier molecular flexibility index (Phi) is 4.98. The molecule has 0 amide bonds. The van der Waals surface area contributed by atoms with Gasteiger partial charge in [-0.3, -0.25) is 4.68 Å². The summed E-state index contributed by atoms with van der Waals surface area (Å²) >= 11 is 6.15. The van der Waals surface area contributed by atoms with Gasteiger partial charge in [0.2, 0.25) is 0 Å². The summed E-state index contributed by atoms with van der Waals surface area (Å²) in [7, 11) is 3.45. The maximum atomic E-state index is 10.2. The Morgan fingerprint density at radius 3 is 2.41 bits per heavy atom. The molecule has 4 nitrogen and oxygen atoms in total. The molecule has 0 saturated carbocycles. The monoisotopic (exact) mass is 260 g/mol. The molecule has 2 atom stereocenters. The van der Waals surface area contributed by atoms with Crippen molar-refractivity contribution in [2.24, 2.45) is 13.0 Å². The summed E-state index contributed by atoms with van der Waals surface area (Å²) in [6, 6.07) is 0. The zero-order valence-electron chi connectivity index (χ0n) is 11.1. The fraction of sp³-hybridized carbons (Fsp3) is 0.750. The number of aliphatic hydroxyl groups excluding tert-OH is 1.